The van der Waals surface area contributed by atoms with E-state index >= 15 is 0 Å². The van der Waals surface area contributed by atoms with Crippen molar-refractivity contribution in [2.24, 2.45) is 5.11 Å². The molecule has 3 aromatic rings. The van der Waals surface area contributed by atoms with E-state index in [1.807, 2.05) is 0 Å². The minimum absolute atomic E-state index is 0.0415. The number of nitrogens with zero attached hydrogens (tertiary/aromatic N) is 10. The van der Waals surface area contributed by atoms with Gasteiger partial charge in [-0.1, -0.05) is 5.11 Å². The number of anilines is 1. The average Bonchev–Trinajstić information content (AvgIpc) is 3.17. The molecule has 0 radical (unpaired) electrons. The van der Waals surface area contributed by atoms with E-state index in [0.29, 0.717) is 0 Å². The smallest absolute Gasteiger partial charge is 0.442 e. The van der Waals surface area contributed by atoms with Crippen LogP contribution in [0.15, 0.2) is 20.6 Å². The zero-order chi connectivity index (χ0) is 15.7. The topological polar surface area (TPSA) is 216 Å². The van der Waals surface area contributed by atoms with E-state index in [0.717, 1.165) is 10.9 Å². The normalized spacial score (nSPS) is 11.7. The summed E-state index contributed by atoms with van der Waals surface area (Å²) in [5.74, 6) is -1.82. The van der Waals surface area contributed by atoms with Gasteiger partial charge in [0.15, 0.2) is 5.16 Å². The first-order valence-electron chi connectivity index (χ1n) is 5.23. The Balaban J connectivity index is 1.98. The fourth-order valence-electron chi connectivity index (χ4n) is 1.29. The lowest BCUT2D eigenvalue weighted by Gasteiger charge is -1.98. The van der Waals surface area contributed by atoms with Crippen LogP contribution in [-0.2, 0) is 0 Å². The maximum atomic E-state index is 11.7. The number of aromatic nitrogens is 7. The number of hydrogen-bond acceptors (Lipinski definition) is 13. The van der Waals surface area contributed by atoms with Crippen molar-refractivity contribution < 1.29 is 19.0 Å². The molecule has 16 nitrogen and oxygen atoms in total. The van der Waals surface area contributed by atoms with Crippen LogP contribution in [0.5, 0.6) is 0 Å². The van der Waals surface area contributed by atoms with Crippen molar-refractivity contribution in [3.05, 3.63) is 21.5 Å². The summed E-state index contributed by atoms with van der Waals surface area (Å²) in [5, 5.41) is 45.7. The molecule has 2 N–H and O–H groups in total. The summed E-state index contributed by atoms with van der Waals surface area (Å²) in [5.41, 5.74) is 5.33. The zero-order valence-corrected chi connectivity index (χ0v) is 10.2. The third-order valence-corrected chi connectivity index (χ3v) is 2.20. The quantitative estimate of drug-likeness (QED) is 0.277. The number of rotatable bonds is 4. The Bertz CT molecular complexity index is 860. The summed E-state index contributed by atoms with van der Waals surface area (Å²) in [6, 6.07) is 0. The number of nitrogen functional groups attached to an aromatic ring is 1. The van der Waals surface area contributed by atoms with Crippen LogP contribution in [-0.4, -0.2) is 45.4 Å². The lowest BCUT2D eigenvalue weighted by molar-refractivity contribution is -0.440. The number of nitro groups is 1. The van der Waals surface area contributed by atoms with Crippen LogP contribution < -0.4 is 5.73 Å². The Hall–Kier alpha value is -3.98. The summed E-state index contributed by atoms with van der Waals surface area (Å²) in [7, 11) is 0. The van der Waals surface area contributed by atoms with E-state index in [-0.39, 0.29) is 22.3 Å². The molecule has 0 bridgehead atoms. The fraction of sp³-hybridized carbons (Fsp3) is 0. The first kappa shape index (κ1) is 13.0. The molecule has 0 spiro atoms. The third kappa shape index (κ3) is 2.15. The highest BCUT2D eigenvalue weighted by Gasteiger charge is 2.23. The Labute approximate surface area is 117 Å². The second-order valence-electron chi connectivity index (χ2n) is 3.54. The van der Waals surface area contributed by atoms with Crippen LogP contribution in [0.4, 0.5) is 23.3 Å². The van der Waals surface area contributed by atoms with Gasteiger partial charge in [-0.3, -0.25) is 0 Å². The molecular formula is C6H3N11O5. The maximum Gasteiger partial charge on any atom is 0.442 e. The molecule has 112 valence electrons. The lowest BCUT2D eigenvalue weighted by atomic mass is 10.6. The summed E-state index contributed by atoms with van der Waals surface area (Å²) in [6.45, 7) is 0. The Kier molecular flexibility index (Phi) is 2.87. The molecule has 0 aliphatic rings. The van der Waals surface area contributed by atoms with Crippen LogP contribution in [0.1, 0.15) is 0 Å². The molecule has 3 rings (SSSR count). The van der Waals surface area contributed by atoms with Gasteiger partial charge >= 0.3 is 11.6 Å². The van der Waals surface area contributed by atoms with E-state index in [1.165, 1.54) is 0 Å². The van der Waals surface area contributed by atoms with Crippen molar-refractivity contribution >= 4 is 23.3 Å². The molecule has 0 saturated heterocycles. The predicted molar refractivity (Wildman–Crippen MR) is 60.0 cm³/mol. The van der Waals surface area contributed by atoms with E-state index in [4.69, 9.17) is 5.73 Å². The fourth-order valence-corrected chi connectivity index (χ4v) is 1.29. The third-order valence-electron chi connectivity index (χ3n) is 2.20. The number of hydrogen-bond donors (Lipinski definition) is 1. The van der Waals surface area contributed by atoms with Crippen molar-refractivity contribution in [1.29, 1.82) is 0 Å². The van der Waals surface area contributed by atoms with Gasteiger partial charge in [0, 0.05) is 5.16 Å². The van der Waals surface area contributed by atoms with Crippen molar-refractivity contribution in [3.8, 4) is 5.82 Å². The van der Waals surface area contributed by atoms with Gasteiger partial charge in [0.05, 0.1) is 5.21 Å². The molecule has 0 saturated carbocycles. The molecule has 16 heteroatoms. The first-order chi connectivity index (χ1) is 10.6. The van der Waals surface area contributed by atoms with Crippen LogP contribution >= 0.6 is 0 Å². The Morgan fingerprint density at radius 1 is 1.23 bits per heavy atom. The van der Waals surface area contributed by atoms with Crippen LogP contribution in [0.3, 0.4) is 0 Å². The molecule has 0 aliphatic heterocycles. The number of nitrogens with two attached hydrogens (primary N) is 1. The van der Waals surface area contributed by atoms with Crippen LogP contribution in [0.2, 0.25) is 0 Å². The molecular weight excluding hydrogens is 306 g/mol. The Morgan fingerprint density at radius 2 is 2.00 bits per heavy atom. The van der Waals surface area contributed by atoms with Gasteiger partial charge in [-0.05, 0) is 15.2 Å². The molecule has 0 aliphatic carbocycles. The van der Waals surface area contributed by atoms with Gasteiger partial charge in [0.2, 0.25) is 0 Å². The van der Waals surface area contributed by atoms with Crippen molar-refractivity contribution in [2.75, 3.05) is 5.73 Å². The SMILES string of the molecule is Nc1nonc1[N+]([O-])=Nc1nonc1-n1cc([N+](=O)[O-])nn1. The van der Waals surface area contributed by atoms with Crippen molar-refractivity contribution in [1.82, 2.24) is 35.6 Å². The lowest BCUT2D eigenvalue weighted by Crippen LogP contribution is -1.99. The summed E-state index contributed by atoms with van der Waals surface area (Å²) < 4.78 is 9.50. The molecule has 0 amide bonds. The minimum atomic E-state index is -0.768. The standard InChI is InChI=1S/C6H3N11O5/c7-3-5(12-21-10-3)16(18)9-4-6(13-22-11-4)15-1-2(8-14-15)17(19)20/h1H,(H2,7,10). The largest absolute Gasteiger partial charge is 0.690 e. The van der Waals surface area contributed by atoms with Gasteiger partial charge < -0.3 is 21.1 Å². The van der Waals surface area contributed by atoms with Crippen molar-refractivity contribution in [3.63, 3.8) is 0 Å². The molecule has 0 atom stereocenters. The Morgan fingerprint density at radius 3 is 2.64 bits per heavy atom. The molecule has 0 unspecified atom stereocenters. The highest BCUT2D eigenvalue weighted by molar-refractivity contribution is 5.45. The van der Waals surface area contributed by atoms with E-state index < -0.39 is 16.6 Å². The monoisotopic (exact) mass is 309 g/mol. The summed E-state index contributed by atoms with van der Waals surface area (Å²) in [4.78, 5) is 9.74. The second-order valence-corrected chi connectivity index (χ2v) is 3.54. The van der Waals surface area contributed by atoms with E-state index in [1.54, 1.807) is 0 Å². The molecule has 0 fully saturated rings. The van der Waals surface area contributed by atoms with Gasteiger partial charge in [0.25, 0.3) is 17.5 Å². The second kappa shape index (κ2) is 4.85. The zero-order valence-electron chi connectivity index (χ0n) is 10.2. The van der Waals surface area contributed by atoms with Gasteiger partial charge in [-0.2, -0.15) is 4.68 Å². The molecule has 3 heterocycles. The van der Waals surface area contributed by atoms with E-state index in [9.17, 15) is 15.3 Å². The first-order valence-corrected chi connectivity index (χ1v) is 5.23. The van der Waals surface area contributed by atoms with Gasteiger partial charge in [-0.25, -0.2) is 4.63 Å². The van der Waals surface area contributed by atoms with Crippen molar-refractivity contribution in [2.45, 2.75) is 0 Å². The summed E-state index contributed by atoms with van der Waals surface area (Å²) in [6.07, 6.45) is 0.930. The van der Waals surface area contributed by atoms with Crippen LogP contribution in [0, 0.1) is 15.3 Å². The maximum absolute atomic E-state index is 11.7. The molecule has 3 aromatic heterocycles. The predicted octanol–water partition coefficient (Wildman–Crippen LogP) is -0.551. The minimum Gasteiger partial charge on any atom is -0.690 e. The molecule has 0 aromatic carbocycles. The van der Waals surface area contributed by atoms with Gasteiger partial charge in [0.1, 0.15) is 11.3 Å². The highest BCUT2D eigenvalue weighted by atomic mass is 16.6. The summed E-state index contributed by atoms with van der Waals surface area (Å²) >= 11 is 0. The average molecular weight is 309 g/mol. The molecule has 22 heavy (non-hydrogen) atoms. The highest BCUT2D eigenvalue weighted by Crippen LogP contribution is 2.22. The van der Waals surface area contributed by atoms with Crippen LogP contribution in [0.25, 0.3) is 5.82 Å². The van der Waals surface area contributed by atoms with E-state index in [2.05, 4.69) is 45.3 Å². The number of azo groups is 1. The van der Waals surface area contributed by atoms with Gasteiger partial charge in [-0.15, -0.1) is 9.49 Å².